The van der Waals surface area contributed by atoms with Crippen LogP contribution in [0.1, 0.15) is 5.56 Å². The average Bonchev–Trinajstić information content (AvgIpc) is 2.13. The molecule has 0 heterocycles. The number of hydrogen-bond acceptors (Lipinski definition) is 3. The van der Waals surface area contributed by atoms with Crippen LogP contribution in [0.5, 0.6) is 5.75 Å². The highest BCUT2D eigenvalue weighted by atomic mass is 79.9. The minimum Gasteiger partial charge on any atom is -0.290 e. The molecule has 4 nitrogen and oxygen atoms in total. The summed E-state index contributed by atoms with van der Waals surface area (Å²) in [4.78, 5) is 13.0. The second-order valence-electron chi connectivity index (χ2n) is 2.40. The smallest absolute Gasteiger partial charge is 0.290 e. The van der Waals surface area contributed by atoms with Gasteiger partial charge in [0.15, 0.2) is 5.75 Å². The van der Waals surface area contributed by atoms with Crippen LogP contribution in [0.4, 0.5) is 0 Å². The van der Waals surface area contributed by atoms with Gasteiger partial charge in [-0.2, -0.15) is 0 Å². The van der Waals surface area contributed by atoms with E-state index in [4.69, 9.17) is 4.89 Å². The number of hydrogen-bond donors (Lipinski definition) is 1. The highest BCUT2D eigenvalue weighted by Gasteiger charge is 2.17. The maximum atomic E-state index is 10.2. The summed E-state index contributed by atoms with van der Waals surface area (Å²) in [5.41, 5.74) is 1.01. The maximum absolute atomic E-state index is 10.2. The molecule has 0 bridgehead atoms. The van der Waals surface area contributed by atoms with Gasteiger partial charge in [-0.1, -0.05) is 6.07 Å². The van der Waals surface area contributed by atoms with Gasteiger partial charge in [-0.15, -0.1) is 4.89 Å². The van der Waals surface area contributed by atoms with E-state index in [-0.39, 0.29) is 0 Å². The zero-order valence-electron chi connectivity index (χ0n) is 7.03. The number of rotatable bonds is 3. The summed E-state index contributed by atoms with van der Waals surface area (Å²) in [5.74, 6) is 0.333. The topological polar surface area (TPSA) is 55.8 Å². The molecule has 0 radical (unpaired) electrons. The fraction of sp³-hybridized carbons (Fsp3) is 0.143. The van der Waals surface area contributed by atoms with Crippen molar-refractivity contribution in [3.63, 3.8) is 0 Å². The predicted octanol–water partition coefficient (Wildman–Crippen LogP) is 3.48. The van der Waals surface area contributed by atoms with Crippen molar-refractivity contribution in [2.45, 2.75) is 6.92 Å². The molecule has 0 saturated heterocycles. The summed E-state index contributed by atoms with van der Waals surface area (Å²) >= 11 is 6.57. The summed E-state index contributed by atoms with van der Waals surface area (Å²) in [6, 6.07) is 3.42. The molecule has 1 atom stereocenters. The van der Waals surface area contributed by atoms with Gasteiger partial charge in [-0.3, -0.25) is 4.89 Å². The first-order valence-corrected chi connectivity index (χ1v) is 6.19. The molecule has 14 heavy (non-hydrogen) atoms. The first kappa shape index (κ1) is 12.1. The molecule has 0 aliphatic heterocycles. The van der Waals surface area contributed by atoms with E-state index in [0.717, 1.165) is 10.0 Å². The van der Waals surface area contributed by atoms with Crippen LogP contribution in [-0.2, 0) is 9.24 Å². The zero-order chi connectivity index (χ0) is 10.7. The Morgan fingerprint density at radius 3 is 2.57 bits per heavy atom. The Balaban J connectivity index is 2.88. The van der Waals surface area contributed by atoms with E-state index in [0.29, 0.717) is 10.2 Å². The molecule has 7 heteroatoms. The van der Waals surface area contributed by atoms with Crippen LogP contribution in [-0.4, -0.2) is 4.89 Å². The summed E-state index contributed by atoms with van der Waals surface area (Å²) in [6.45, 7) is 1.91. The van der Waals surface area contributed by atoms with Gasteiger partial charge in [-0.25, -0.2) is 0 Å². The van der Waals surface area contributed by atoms with Crippen molar-refractivity contribution in [2.24, 2.45) is 0 Å². The van der Waals surface area contributed by atoms with Gasteiger partial charge in [0, 0.05) is 9.04 Å². The predicted molar refractivity (Wildman–Crippen MR) is 58.1 cm³/mol. The van der Waals surface area contributed by atoms with Crippen LogP contribution in [0.2, 0.25) is 0 Å². The first-order valence-electron chi connectivity index (χ1n) is 3.47. The molecule has 0 fully saturated rings. The summed E-state index contributed by atoms with van der Waals surface area (Å²) < 4.78 is 15.8. The molecule has 76 valence electrons. The minimum absolute atomic E-state index is 0.333. The van der Waals surface area contributed by atoms with Crippen molar-refractivity contribution < 1.29 is 19.0 Å². The van der Waals surface area contributed by atoms with Gasteiger partial charge in [-0.05, 0) is 50.4 Å². The first-order chi connectivity index (χ1) is 6.52. The Kier molecular flexibility index (Phi) is 4.47. The van der Waals surface area contributed by atoms with Crippen molar-refractivity contribution in [2.75, 3.05) is 0 Å². The highest BCUT2D eigenvalue weighted by molar-refractivity contribution is 9.13. The second-order valence-corrected chi connectivity index (χ2v) is 4.62. The van der Waals surface area contributed by atoms with E-state index >= 15 is 0 Å². The molecule has 1 N–H and O–H groups in total. The van der Waals surface area contributed by atoms with Crippen molar-refractivity contribution in [1.82, 2.24) is 0 Å². The van der Waals surface area contributed by atoms with E-state index in [1.165, 1.54) is 0 Å². The van der Waals surface area contributed by atoms with Crippen molar-refractivity contribution in [3.8, 4) is 5.75 Å². The van der Waals surface area contributed by atoms with Crippen LogP contribution in [0.25, 0.3) is 0 Å². The molecular formula is C7H6Br2O4P+. The number of halogens is 2. The SMILES string of the molecule is Cc1ccc(OO[P+](=O)O)c(Br)c1Br. The van der Waals surface area contributed by atoms with Crippen LogP contribution in [0.15, 0.2) is 21.1 Å². The van der Waals surface area contributed by atoms with Gasteiger partial charge in [0.05, 0.1) is 4.47 Å². The van der Waals surface area contributed by atoms with Gasteiger partial charge in [0.25, 0.3) is 0 Å². The third kappa shape index (κ3) is 3.00. The Bertz CT molecular complexity index is 369. The minimum atomic E-state index is -2.76. The largest absolute Gasteiger partial charge is 0.735 e. The van der Waals surface area contributed by atoms with Gasteiger partial charge >= 0.3 is 8.25 Å². The molecule has 0 spiro atoms. The third-order valence-corrected chi connectivity index (χ3v) is 3.97. The van der Waals surface area contributed by atoms with Crippen LogP contribution in [0, 0.1) is 6.92 Å². The Morgan fingerprint density at radius 2 is 2.00 bits per heavy atom. The van der Waals surface area contributed by atoms with Crippen LogP contribution < -0.4 is 4.89 Å². The molecule has 0 aromatic heterocycles. The molecule has 1 aromatic carbocycles. The molecule has 0 saturated carbocycles. The van der Waals surface area contributed by atoms with Gasteiger partial charge < -0.3 is 0 Å². The van der Waals surface area contributed by atoms with E-state index in [1.807, 2.05) is 6.92 Å². The second kappa shape index (κ2) is 5.19. The lowest BCUT2D eigenvalue weighted by Gasteiger charge is -2.04. The van der Waals surface area contributed by atoms with Crippen molar-refractivity contribution in [1.29, 1.82) is 0 Å². The van der Waals surface area contributed by atoms with Crippen LogP contribution >= 0.6 is 40.1 Å². The van der Waals surface area contributed by atoms with Gasteiger partial charge in [0.1, 0.15) is 4.67 Å². The summed E-state index contributed by atoms with van der Waals surface area (Å²) in [6.07, 6.45) is 0. The fourth-order valence-electron chi connectivity index (χ4n) is 0.765. The molecular weight excluding hydrogens is 339 g/mol. The van der Waals surface area contributed by atoms with E-state index in [1.54, 1.807) is 12.1 Å². The molecule has 0 aliphatic carbocycles. The number of benzene rings is 1. The molecule has 1 rings (SSSR count). The van der Waals surface area contributed by atoms with E-state index in [2.05, 4.69) is 41.4 Å². The lowest BCUT2D eigenvalue weighted by atomic mass is 10.2. The standard InChI is InChI=1S/C7H5Br2O4P/c1-4-2-3-5(7(9)6(4)8)12-13-14(10)11/h2-3H,1H3/p+1. The lowest BCUT2D eigenvalue weighted by molar-refractivity contribution is -0.102. The Labute approximate surface area is 98.4 Å². The Morgan fingerprint density at radius 1 is 1.36 bits per heavy atom. The lowest BCUT2D eigenvalue weighted by Crippen LogP contribution is -1.91. The zero-order valence-corrected chi connectivity index (χ0v) is 11.1. The summed E-state index contributed by atoms with van der Waals surface area (Å²) in [7, 11) is -2.76. The molecule has 0 amide bonds. The quantitative estimate of drug-likeness (QED) is 0.518. The highest BCUT2D eigenvalue weighted by Crippen LogP contribution is 2.36. The van der Waals surface area contributed by atoms with Crippen LogP contribution in [0.3, 0.4) is 0 Å². The molecule has 1 unspecified atom stereocenters. The van der Waals surface area contributed by atoms with Crippen molar-refractivity contribution in [3.05, 3.63) is 26.6 Å². The molecule has 0 aliphatic rings. The monoisotopic (exact) mass is 343 g/mol. The number of aryl methyl sites for hydroxylation is 1. The average molecular weight is 345 g/mol. The normalized spacial score (nSPS) is 11.3. The molecule has 1 aromatic rings. The fourth-order valence-corrected chi connectivity index (χ4v) is 1.75. The maximum Gasteiger partial charge on any atom is 0.735 e. The van der Waals surface area contributed by atoms with Crippen molar-refractivity contribution >= 4 is 40.1 Å². The van der Waals surface area contributed by atoms with E-state index in [9.17, 15) is 4.57 Å². The van der Waals surface area contributed by atoms with Gasteiger partial charge in [0.2, 0.25) is 0 Å². The third-order valence-electron chi connectivity index (χ3n) is 1.43. The Hall–Kier alpha value is -0.000000000000000111. The summed E-state index contributed by atoms with van der Waals surface area (Å²) in [5, 5.41) is 0. The van der Waals surface area contributed by atoms with E-state index < -0.39 is 8.25 Å².